The van der Waals surface area contributed by atoms with Crippen LogP contribution in [0.5, 0.6) is 0 Å². The summed E-state index contributed by atoms with van der Waals surface area (Å²) in [5.74, 6) is -0.749. The Labute approximate surface area is 81.3 Å². The number of hydrogen-bond donors (Lipinski definition) is 2. The van der Waals surface area contributed by atoms with E-state index in [2.05, 4.69) is 10.6 Å². The molecule has 0 aliphatic carbocycles. The molecule has 1 saturated heterocycles. The van der Waals surface area contributed by atoms with Crippen LogP contribution in [0.3, 0.4) is 0 Å². The van der Waals surface area contributed by atoms with Gasteiger partial charge >= 0.3 is 0 Å². The summed E-state index contributed by atoms with van der Waals surface area (Å²) in [5.41, 5.74) is 0.386. The Morgan fingerprint density at radius 2 is 2.14 bits per heavy atom. The number of rotatable bonds is 3. The summed E-state index contributed by atoms with van der Waals surface area (Å²) in [6.45, 7) is 2.18. The number of nitrogens with one attached hydrogen (secondary N) is 2. The lowest BCUT2D eigenvalue weighted by molar-refractivity contribution is 0.362. The Bertz CT molecular complexity index is 324. The summed E-state index contributed by atoms with van der Waals surface area (Å²) in [7, 11) is 0. The van der Waals surface area contributed by atoms with Crippen molar-refractivity contribution in [2.45, 2.75) is 12.6 Å². The van der Waals surface area contributed by atoms with Gasteiger partial charge in [-0.2, -0.15) is 0 Å². The zero-order valence-corrected chi connectivity index (χ0v) is 7.69. The minimum atomic E-state index is -0.394. The van der Waals surface area contributed by atoms with Gasteiger partial charge in [0, 0.05) is 31.2 Å². The number of halogens is 2. The molecule has 1 aliphatic rings. The summed E-state index contributed by atoms with van der Waals surface area (Å²) >= 11 is 0. The first kappa shape index (κ1) is 9.55. The molecule has 0 bridgehead atoms. The van der Waals surface area contributed by atoms with Gasteiger partial charge < -0.3 is 10.6 Å². The summed E-state index contributed by atoms with van der Waals surface area (Å²) in [5, 5.41) is 6.23. The van der Waals surface area contributed by atoms with Crippen molar-refractivity contribution in [2.24, 2.45) is 0 Å². The van der Waals surface area contributed by atoms with E-state index in [0.29, 0.717) is 18.2 Å². The second-order valence-corrected chi connectivity index (χ2v) is 3.47. The monoisotopic (exact) mass is 198 g/mol. The molecule has 2 N–H and O–H groups in total. The van der Waals surface area contributed by atoms with E-state index in [1.807, 2.05) is 0 Å². The van der Waals surface area contributed by atoms with Crippen molar-refractivity contribution >= 4 is 0 Å². The van der Waals surface area contributed by atoms with Crippen LogP contribution in [0.1, 0.15) is 5.56 Å². The van der Waals surface area contributed by atoms with Crippen molar-refractivity contribution in [1.29, 1.82) is 0 Å². The van der Waals surface area contributed by atoms with Crippen LogP contribution in [0.4, 0.5) is 8.78 Å². The lowest BCUT2D eigenvalue weighted by Crippen LogP contribution is -2.55. The Balaban J connectivity index is 1.96. The fourth-order valence-electron chi connectivity index (χ4n) is 1.37. The molecule has 0 atom stereocenters. The van der Waals surface area contributed by atoms with Gasteiger partial charge in [-0.15, -0.1) is 0 Å². The van der Waals surface area contributed by atoms with Crippen LogP contribution in [0, 0.1) is 11.6 Å². The van der Waals surface area contributed by atoms with E-state index in [-0.39, 0.29) is 5.82 Å². The summed E-state index contributed by atoms with van der Waals surface area (Å²) < 4.78 is 25.9. The predicted molar refractivity (Wildman–Crippen MR) is 49.9 cm³/mol. The third-order valence-corrected chi connectivity index (χ3v) is 2.37. The lowest BCUT2D eigenvalue weighted by Gasteiger charge is -2.28. The molecule has 1 heterocycles. The van der Waals surface area contributed by atoms with Crippen molar-refractivity contribution < 1.29 is 8.78 Å². The zero-order valence-electron chi connectivity index (χ0n) is 7.69. The molecule has 2 rings (SSSR count). The van der Waals surface area contributed by atoms with Gasteiger partial charge in [0.1, 0.15) is 11.6 Å². The largest absolute Gasteiger partial charge is 0.314 e. The maximum absolute atomic E-state index is 13.1. The Kier molecular flexibility index (Phi) is 2.74. The van der Waals surface area contributed by atoms with Crippen LogP contribution in [-0.2, 0) is 6.54 Å². The third-order valence-electron chi connectivity index (χ3n) is 2.37. The fraction of sp³-hybridized carbons (Fsp3) is 0.400. The first-order valence-electron chi connectivity index (χ1n) is 4.64. The normalized spacial score (nSPS) is 16.7. The maximum atomic E-state index is 13.1. The molecule has 1 aromatic carbocycles. The zero-order chi connectivity index (χ0) is 9.97. The van der Waals surface area contributed by atoms with E-state index >= 15 is 0 Å². The Hall–Kier alpha value is -1.00. The molecular weight excluding hydrogens is 186 g/mol. The first-order chi connectivity index (χ1) is 6.75. The van der Waals surface area contributed by atoms with E-state index in [0.717, 1.165) is 25.2 Å². The average Bonchev–Trinajstić information content (AvgIpc) is 2.08. The highest BCUT2D eigenvalue weighted by molar-refractivity contribution is 5.18. The maximum Gasteiger partial charge on any atom is 0.127 e. The highest BCUT2D eigenvalue weighted by atomic mass is 19.1. The van der Waals surface area contributed by atoms with Crippen LogP contribution in [-0.4, -0.2) is 19.1 Å². The molecule has 0 saturated carbocycles. The van der Waals surface area contributed by atoms with Crippen molar-refractivity contribution in [3.8, 4) is 0 Å². The Morgan fingerprint density at radius 3 is 2.79 bits per heavy atom. The molecule has 0 unspecified atom stereocenters. The Morgan fingerprint density at radius 1 is 1.36 bits per heavy atom. The molecule has 0 radical (unpaired) electrons. The summed E-state index contributed by atoms with van der Waals surface area (Å²) in [4.78, 5) is 0. The molecule has 14 heavy (non-hydrogen) atoms. The standard InChI is InChI=1S/C10H12F2N2/c11-8-1-2-10(12)7(3-8)4-14-9-5-13-6-9/h1-3,9,13-14H,4-6H2. The van der Waals surface area contributed by atoms with Crippen molar-refractivity contribution in [3.05, 3.63) is 35.4 Å². The smallest absolute Gasteiger partial charge is 0.127 e. The average molecular weight is 198 g/mol. The second-order valence-electron chi connectivity index (χ2n) is 3.47. The molecule has 1 aromatic rings. The molecule has 1 fully saturated rings. The van der Waals surface area contributed by atoms with Crippen molar-refractivity contribution in [2.75, 3.05) is 13.1 Å². The topological polar surface area (TPSA) is 24.1 Å². The first-order valence-corrected chi connectivity index (χ1v) is 4.64. The molecule has 2 nitrogen and oxygen atoms in total. The van der Waals surface area contributed by atoms with Crippen LogP contribution in [0.2, 0.25) is 0 Å². The molecule has 4 heteroatoms. The van der Waals surface area contributed by atoms with Gasteiger partial charge in [-0.3, -0.25) is 0 Å². The van der Waals surface area contributed by atoms with Gasteiger partial charge in [-0.1, -0.05) is 0 Å². The SMILES string of the molecule is Fc1ccc(F)c(CNC2CNC2)c1. The molecular formula is C10H12F2N2. The van der Waals surface area contributed by atoms with E-state index in [9.17, 15) is 8.78 Å². The predicted octanol–water partition coefficient (Wildman–Crippen LogP) is 1.03. The van der Waals surface area contributed by atoms with Gasteiger partial charge in [-0.05, 0) is 18.2 Å². The van der Waals surface area contributed by atoms with Crippen molar-refractivity contribution in [1.82, 2.24) is 10.6 Å². The summed E-state index contributed by atoms with van der Waals surface area (Å²) in [6.07, 6.45) is 0. The van der Waals surface area contributed by atoms with Gasteiger partial charge in [0.05, 0.1) is 0 Å². The second kappa shape index (κ2) is 4.02. The van der Waals surface area contributed by atoms with Gasteiger partial charge in [0.25, 0.3) is 0 Å². The van der Waals surface area contributed by atoms with E-state index in [1.54, 1.807) is 0 Å². The fourth-order valence-corrected chi connectivity index (χ4v) is 1.37. The molecule has 76 valence electrons. The molecule has 0 spiro atoms. The highest BCUT2D eigenvalue weighted by Gasteiger charge is 2.16. The van der Waals surface area contributed by atoms with E-state index in [4.69, 9.17) is 0 Å². The third kappa shape index (κ3) is 2.08. The molecule has 0 amide bonds. The highest BCUT2D eigenvalue weighted by Crippen LogP contribution is 2.09. The van der Waals surface area contributed by atoms with E-state index < -0.39 is 5.82 Å². The molecule has 1 aliphatic heterocycles. The number of hydrogen-bond acceptors (Lipinski definition) is 2. The van der Waals surface area contributed by atoms with Crippen LogP contribution in [0.25, 0.3) is 0 Å². The molecule has 0 aromatic heterocycles. The van der Waals surface area contributed by atoms with Crippen LogP contribution >= 0.6 is 0 Å². The van der Waals surface area contributed by atoms with Gasteiger partial charge in [-0.25, -0.2) is 8.78 Å². The minimum Gasteiger partial charge on any atom is -0.314 e. The summed E-state index contributed by atoms with van der Waals surface area (Å²) in [6, 6.07) is 3.90. The van der Waals surface area contributed by atoms with Crippen LogP contribution < -0.4 is 10.6 Å². The lowest BCUT2D eigenvalue weighted by atomic mass is 10.1. The van der Waals surface area contributed by atoms with Crippen molar-refractivity contribution in [3.63, 3.8) is 0 Å². The van der Waals surface area contributed by atoms with E-state index in [1.165, 1.54) is 6.07 Å². The minimum absolute atomic E-state index is 0.355. The van der Waals surface area contributed by atoms with Crippen LogP contribution in [0.15, 0.2) is 18.2 Å². The number of benzene rings is 1. The van der Waals surface area contributed by atoms with Gasteiger partial charge in [0.2, 0.25) is 0 Å². The quantitative estimate of drug-likeness (QED) is 0.758. The van der Waals surface area contributed by atoms with Gasteiger partial charge in [0.15, 0.2) is 0 Å².